The molecule has 164 valence electrons. The van der Waals surface area contributed by atoms with Crippen molar-refractivity contribution < 1.29 is 14.0 Å². The van der Waals surface area contributed by atoms with Crippen molar-refractivity contribution in [3.63, 3.8) is 0 Å². The molecule has 6 heteroatoms. The van der Waals surface area contributed by atoms with Gasteiger partial charge in [-0.3, -0.25) is 9.59 Å². The summed E-state index contributed by atoms with van der Waals surface area (Å²) in [5.74, 6) is 0.907. The number of aromatic nitrogens is 1. The van der Waals surface area contributed by atoms with Gasteiger partial charge in [0.1, 0.15) is 12.3 Å². The second-order valence-electron chi connectivity index (χ2n) is 8.50. The van der Waals surface area contributed by atoms with E-state index in [9.17, 15) is 9.59 Å². The minimum atomic E-state index is -0.0444. The van der Waals surface area contributed by atoms with E-state index in [2.05, 4.69) is 6.92 Å². The fourth-order valence-corrected chi connectivity index (χ4v) is 4.18. The Labute approximate surface area is 179 Å². The maximum Gasteiger partial charge on any atom is 0.242 e. The number of aryl methyl sites for hydroxylation is 1. The molecule has 0 unspecified atom stereocenters. The minimum Gasteiger partial charge on any atom is -0.467 e. The van der Waals surface area contributed by atoms with E-state index in [1.54, 1.807) is 11.2 Å². The lowest BCUT2D eigenvalue weighted by molar-refractivity contribution is -0.146. The van der Waals surface area contributed by atoms with Gasteiger partial charge in [-0.2, -0.15) is 0 Å². The number of carbonyl (C=O) groups is 2. The molecule has 0 spiro atoms. The topological polar surface area (TPSA) is 58.7 Å². The summed E-state index contributed by atoms with van der Waals surface area (Å²) in [6, 6.07) is 7.75. The Bertz CT molecular complexity index is 806. The molecule has 2 aromatic heterocycles. The van der Waals surface area contributed by atoms with E-state index in [0.29, 0.717) is 13.1 Å². The van der Waals surface area contributed by atoms with Crippen molar-refractivity contribution >= 4 is 11.8 Å². The first-order valence-electron chi connectivity index (χ1n) is 11.2. The maximum atomic E-state index is 13.4. The number of furan rings is 1. The lowest BCUT2D eigenvalue weighted by Crippen LogP contribution is -2.48. The van der Waals surface area contributed by atoms with Gasteiger partial charge in [0.05, 0.1) is 19.4 Å². The van der Waals surface area contributed by atoms with Crippen LogP contribution in [-0.2, 0) is 29.7 Å². The smallest absolute Gasteiger partial charge is 0.242 e. The van der Waals surface area contributed by atoms with Crippen LogP contribution in [0.4, 0.5) is 0 Å². The van der Waals surface area contributed by atoms with Crippen LogP contribution in [0.1, 0.15) is 63.8 Å². The van der Waals surface area contributed by atoms with Crippen molar-refractivity contribution in [2.75, 3.05) is 6.54 Å². The molecule has 1 fully saturated rings. The second kappa shape index (κ2) is 10.5. The molecule has 0 bridgehead atoms. The normalized spacial score (nSPS) is 15.7. The monoisotopic (exact) mass is 413 g/mol. The maximum absolute atomic E-state index is 13.4. The SMILES string of the molecule is CC[C@@H](C)N(CC(=O)N(Cc1ccco1)Cc1cccn1C)C(=O)C1CCCCC1. The van der Waals surface area contributed by atoms with E-state index in [1.807, 2.05) is 53.9 Å². The lowest BCUT2D eigenvalue weighted by atomic mass is 9.88. The highest BCUT2D eigenvalue weighted by molar-refractivity contribution is 5.86. The van der Waals surface area contributed by atoms with Crippen molar-refractivity contribution in [1.82, 2.24) is 14.4 Å². The van der Waals surface area contributed by atoms with Crippen LogP contribution in [0.5, 0.6) is 0 Å². The molecule has 1 saturated carbocycles. The predicted octanol–water partition coefficient (Wildman–Crippen LogP) is 4.35. The molecule has 1 aliphatic carbocycles. The van der Waals surface area contributed by atoms with Gasteiger partial charge >= 0.3 is 0 Å². The van der Waals surface area contributed by atoms with Crippen molar-refractivity contribution in [1.29, 1.82) is 0 Å². The van der Waals surface area contributed by atoms with E-state index in [-0.39, 0.29) is 30.3 Å². The number of amides is 2. The number of carbonyl (C=O) groups excluding carboxylic acids is 2. The van der Waals surface area contributed by atoms with Gasteiger partial charge < -0.3 is 18.8 Å². The quantitative estimate of drug-likeness (QED) is 0.614. The lowest BCUT2D eigenvalue weighted by Gasteiger charge is -2.34. The third-order valence-electron chi connectivity index (χ3n) is 6.35. The minimum absolute atomic E-state index is 0.0444. The predicted molar refractivity (Wildman–Crippen MR) is 116 cm³/mol. The van der Waals surface area contributed by atoms with Gasteiger partial charge in [0.25, 0.3) is 0 Å². The first-order chi connectivity index (χ1) is 14.5. The van der Waals surface area contributed by atoms with Gasteiger partial charge in [-0.05, 0) is 50.5 Å². The zero-order valence-electron chi connectivity index (χ0n) is 18.5. The highest BCUT2D eigenvalue weighted by atomic mass is 16.3. The highest BCUT2D eigenvalue weighted by Gasteiger charge is 2.31. The highest BCUT2D eigenvalue weighted by Crippen LogP contribution is 2.26. The molecule has 0 saturated heterocycles. The van der Waals surface area contributed by atoms with Crippen molar-refractivity contribution in [3.8, 4) is 0 Å². The first kappa shape index (κ1) is 22.2. The Kier molecular flexibility index (Phi) is 7.77. The van der Waals surface area contributed by atoms with E-state index >= 15 is 0 Å². The van der Waals surface area contributed by atoms with Crippen LogP contribution >= 0.6 is 0 Å². The molecule has 3 rings (SSSR count). The molecular formula is C24H35N3O3. The van der Waals surface area contributed by atoms with Crippen LogP contribution in [0.2, 0.25) is 0 Å². The summed E-state index contributed by atoms with van der Waals surface area (Å²) in [6.07, 6.45) is 9.75. The molecule has 0 aromatic carbocycles. The average molecular weight is 414 g/mol. The van der Waals surface area contributed by atoms with Gasteiger partial charge in [-0.1, -0.05) is 26.2 Å². The van der Waals surface area contributed by atoms with Crippen LogP contribution in [0.25, 0.3) is 0 Å². The Hall–Kier alpha value is -2.50. The summed E-state index contributed by atoms with van der Waals surface area (Å²) in [5.41, 5.74) is 1.05. The summed E-state index contributed by atoms with van der Waals surface area (Å²) in [5, 5.41) is 0. The first-order valence-corrected chi connectivity index (χ1v) is 11.2. The molecular weight excluding hydrogens is 378 g/mol. The summed E-state index contributed by atoms with van der Waals surface area (Å²) in [6.45, 7) is 5.11. The molecule has 1 atom stereocenters. The Morgan fingerprint density at radius 2 is 1.93 bits per heavy atom. The Morgan fingerprint density at radius 3 is 2.53 bits per heavy atom. The number of hydrogen-bond acceptors (Lipinski definition) is 3. The van der Waals surface area contributed by atoms with E-state index in [4.69, 9.17) is 4.42 Å². The fraction of sp³-hybridized carbons (Fsp3) is 0.583. The van der Waals surface area contributed by atoms with E-state index in [1.165, 1.54) is 6.42 Å². The van der Waals surface area contributed by atoms with Gasteiger partial charge in [0.2, 0.25) is 11.8 Å². The summed E-state index contributed by atoms with van der Waals surface area (Å²) in [7, 11) is 1.98. The molecule has 1 aliphatic rings. The van der Waals surface area contributed by atoms with Crippen LogP contribution < -0.4 is 0 Å². The van der Waals surface area contributed by atoms with Crippen LogP contribution in [-0.4, -0.2) is 38.8 Å². The van der Waals surface area contributed by atoms with Crippen molar-refractivity contribution in [3.05, 3.63) is 48.2 Å². The van der Waals surface area contributed by atoms with Crippen molar-refractivity contribution in [2.24, 2.45) is 13.0 Å². The molecule has 0 N–H and O–H groups in total. The largest absolute Gasteiger partial charge is 0.467 e. The Balaban J connectivity index is 1.76. The van der Waals surface area contributed by atoms with Gasteiger partial charge in [-0.25, -0.2) is 0 Å². The average Bonchev–Trinajstić information content (AvgIpc) is 3.43. The molecule has 2 amide bonds. The second-order valence-corrected chi connectivity index (χ2v) is 8.50. The zero-order valence-corrected chi connectivity index (χ0v) is 18.5. The van der Waals surface area contributed by atoms with E-state index < -0.39 is 0 Å². The molecule has 6 nitrogen and oxygen atoms in total. The standard InChI is InChI=1S/C24H35N3O3/c1-4-19(2)27(24(29)20-10-6-5-7-11-20)18-23(28)26(17-22-13-9-15-30-22)16-21-12-8-14-25(21)3/h8-9,12-15,19-20H,4-7,10-11,16-18H2,1-3H3/t19-/m1/s1. The third kappa shape index (κ3) is 5.55. The number of nitrogens with zero attached hydrogens (tertiary/aromatic N) is 3. The van der Waals surface area contributed by atoms with Crippen LogP contribution in [0, 0.1) is 5.92 Å². The molecule has 0 radical (unpaired) electrons. The molecule has 30 heavy (non-hydrogen) atoms. The fourth-order valence-electron chi connectivity index (χ4n) is 4.18. The summed E-state index contributed by atoms with van der Waals surface area (Å²) in [4.78, 5) is 30.3. The van der Waals surface area contributed by atoms with Crippen LogP contribution in [0.3, 0.4) is 0 Å². The molecule has 2 aromatic rings. The zero-order chi connectivity index (χ0) is 21.5. The van der Waals surface area contributed by atoms with Gasteiger partial charge in [-0.15, -0.1) is 0 Å². The summed E-state index contributed by atoms with van der Waals surface area (Å²) < 4.78 is 7.51. The van der Waals surface area contributed by atoms with Crippen LogP contribution in [0.15, 0.2) is 41.1 Å². The number of hydrogen-bond donors (Lipinski definition) is 0. The van der Waals surface area contributed by atoms with Gasteiger partial charge in [0, 0.05) is 30.9 Å². The van der Waals surface area contributed by atoms with E-state index in [0.717, 1.165) is 43.6 Å². The molecule has 0 aliphatic heterocycles. The van der Waals surface area contributed by atoms with Gasteiger partial charge in [0.15, 0.2) is 0 Å². The number of rotatable bonds is 9. The summed E-state index contributed by atoms with van der Waals surface area (Å²) >= 11 is 0. The third-order valence-corrected chi connectivity index (χ3v) is 6.35. The van der Waals surface area contributed by atoms with Crippen molar-refractivity contribution in [2.45, 2.75) is 71.5 Å². The molecule has 2 heterocycles. The Morgan fingerprint density at radius 1 is 1.17 bits per heavy atom.